The van der Waals surface area contributed by atoms with E-state index >= 15 is 0 Å². The Kier molecular flexibility index (Phi) is 8.75. The maximum absolute atomic E-state index is 13.4. The van der Waals surface area contributed by atoms with Crippen molar-refractivity contribution in [3.8, 4) is 5.75 Å². The zero-order chi connectivity index (χ0) is 29.9. The topological polar surface area (TPSA) is 102 Å². The SMILES string of the molecule is CC(C)(C)OC(=O)[C@@H](Cc1cccc(OCCN2C(=O)c3ccccc3C2=O)c1)[C@H]1CCN(C(=O)OC(C)(C)C)C1. The van der Waals surface area contributed by atoms with Crippen LogP contribution in [-0.2, 0) is 20.7 Å². The van der Waals surface area contributed by atoms with Gasteiger partial charge in [-0.1, -0.05) is 24.3 Å². The van der Waals surface area contributed by atoms with E-state index in [0.717, 1.165) is 5.56 Å². The highest BCUT2D eigenvalue weighted by atomic mass is 16.6. The van der Waals surface area contributed by atoms with Crippen LogP contribution in [0.4, 0.5) is 4.79 Å². The van der Waals surface area contributed by atoms with E-state index in [1.165, 1.54) is 4.90 Å². The average Bonchev–Trinajstić information content (AvgIpc) is 3.45. The summed E-state index contributed by atoms with van der Waals surface area (Å²) in [4.78, 5) is 54.1. The summed E-state index contributed by atoms with van der Waals surface area (Å²) in [5.74, 6) is -0.916. The van der Waals surface area contributed by atoms with Crippen LogP contribution < -0.4 is 4.74 Å². The number of carbonyl (C=O) groups excluding carboxylic acids is 4. The van der Waals surface area contributed by atoms with Crippen molar-refractivity contribution >= 4 is 23.9 Å². The predicted octanol–water partition coefficient (Wildman–Crippen LogP) is 5.12. The molecule has 0 unspecified atom stereocenters. The number of esters is 1. The van der Waals surface area contributed by atoms with Crippen LogP contribution in [0.1, 0.15) is 74.2 Å². The highest BCUT2D eigenvalue weighted by molar-refractivity contribution is 6.21. The van der Waals surface area contributed by atoms with E-state index in [-0.39, 0.29) is 42.9 Å². The lowest BCUT2D eigenvalue weighted by Crippen LogP contribution is -2.38. The first-order valence-electron chi connectivity index (χ1n) is 14.1. The van der Waals surface area contributed by atoms with Gasteiger partial charge >= 0.3 is 12.1 Å². The van der Waals surface area contributed by atoms with Crippen molar-refractivity contribution in [3.05, 3.63) is 65.2 Å². The number of rotatable bonds is 8. The fourth-order valence-corrected chi connectivity index (χ4v) is 5.14. The van der Waals surface area contributed by atoms with Crippen LogP contribution in [0.15, 0.2) is 48.5 Å². The number of carbonyl (C=O) groups is 4. The molecule has 41 heavy (non-hydrogen) atoms. The van der Waals surface area contributed by atoms with Gasteiger partial charge in [-0.25, -0.2) is 4.79 Å². The number of hydrogen-bond acceptors (Lipinski definition) is 7. The number of nitrogens with zero attached hydrogens (tertiary/aromatic N) is 2. The summed E-state index contributed by atoms with van der Waals surface area (Å²) >= 11 is 0. The van der Waals surface area contributed by atoms with E-state index in [1.54, 1.807) is 35.2 Å². The van der Waals surface area contributed by atoms with Crippen LogP contribution in [0, 0.1) is 11.8 Å². The minimum Gasteiger partial charge on any atom is -0.492 e. The highest BCUT2D eigenvalue weighted by Crippen LogP contribution is 2.31. The van der Waals surface area contributed by atoms with Crippen molar-refractivity contribution < 1.29 is 33.4 Å². The summed E-state index contributed by atoms with van der Waals surface area (Å²) in [5.41, 5.74) is 0.456. The molecule has 4 rings (SSSR count). The predicted molar refractivity (Wildman–Crippen MR) is 153 cm³/mol. The van der Waals surface area contributed by atoms with E-state index < -0.39 is 17.1 Å². The summed E-state index contributed by atoms with van der Waals surface area (Å²) in [5, 5.41) is 0. The van der Waals surface area contributed by atoms with Crippen LogP contribution >= 0.6 is 0 Å². The van der Waals surface area contributed by atoms with Crippen molar-refractivity contribution in [1.29, 1.82) is 0 Å². The van der Waals surface area contributed by atoms with E-state index in [9.17, 15) is 19.2 Å². The van der Waals surface area contributed by atoms with Crippen LogP contribution in [0.3, 0.4) is 0 Å². The molecule has 2 aromatic rings. The lowest BCUT2D eigenvalue weighted by Gasteiger charge is -2.28. The Hall–Kier alpha value is -3.88. The standard InChI is InChI=1S/C32H40N2O7/c1-31(2,3)40-29(37)26(22-14-15-33(20-22)30(38)41-32(4,5)6)19-21-10-9-11-23(18-21)39-17-16-34-27(35)24-12-7-8-13-25(24)28(34)36/h7-13,18,22,26H,14-17,19-20H2,1-6H3/t22-,26-/m0/s1. The fraction of sp³-hybridized carbons (Fsp3) is 0.500. The maximum Gasteiger partial charge on any atom is 0.410 e. The molecule has 0 aliphatic carbocycles. The van der Waals surface area contributed by atoms with Crippen molar-refractivity contribution in [2.24, 2.45) is 11.8 Å². The first-order valence-corrected chi connectivity index (χ1v) is 14.1. The normalized spacial score (nSPS) is 17.9. The molecule has 2 aromatic carbocycles. The third-order valence-electron chi connectivity index (χ3n) is 6.97. The largest absolute Gasteiger partial charge is 0.492 e. The van der Waals surface area contributed by atoms with Gasteiger partial charge in [0, 0.05) is 13.1 Å². The van der Waals surface area contributed by atoms with Crippen molar-refractivity contribution in [2.45, 2.75) is 65.6 Å². The minimum atomic E-state index is -0.645. The Morgan fingerprint density at radius 2 is 1.54 bits per heavy atom. The number of likely N-dealkylation sites (tertiary alicyclic amines) is 1. The second-order valence-electron chi connectivity index (χ2n) is 12.6. The molecule has 9 heteroatoms. The number of imide groups is 1. The third-order valence-corrected chi connectivity index (χ3v) is 6.97. The summed E-state index contributed by atoms with van der Waals surface area (Å²) in [6, 6.07) is 14.2. The summed E-state index contributed by atoms with van der Waals surface area (Å²) in [6.45, 7) is 12.2. The van der Waals surface area contributed by atoms with Crippen molar-refractivity contribution in [1.82, 2.24) is 9.80 Å². The Balaban J connectivity index is 1.41. The minimum absolute atomic E-state index is 0.0873. The third kappa shape index (κ3) is 7.65. The van der Waals surface area contributed by atoms with Gasteiger partial charge in [0.2, 0.25) is 0 Å². The van der Waals surface area contributed by atoms with Gasteiger partial charge in [0.05, 0.1) is 23.6 Å². The molecule has 9 nitrogen and oxygen atoms in total. The smallest absolute Gasteiger partial charge is 0.410 e. The highest BCUT2D eigenvalue weighted by Gasteiger charge is 2.39. The summed E-state index contributed by atoms with van der Waals surface area (Å²) in [6.07, 6.45) is 0.702. The fourth-order valence-electron chi connectivity index (χ4n) is 5.14. The molecule has 2 aliphatic rings. The Morgan fingerprint density at radius 1 is 0.902 bits per heavy atom. The number of ether oxygens (including phenoxy) is 3. The zero-order valence-corrected chi connectivity index (χ0v) is 24.8. The molecule has 220 valence electrons. The lowest BCUT2D eigenvalue weighted by molar-refractivity contribution is -0.162. The van der Waals surface area contributed by atoms with Gasteiger partial charge in [0.1, 0.15) is 23.6 Å². The van der Waals surface area contributed by atoms with Crippen LogP contribution in [0.2, 0.25) is 0 Å². The van der Waals surface area contributed by atoms with Crippen molar-refractivity contribution in [3.63, 3.8) is 0 Å². The molecule has 0 N–H and O–H groups in total. The first-order chi connectivity index (χ1) is 19.2. The molecule has 0 spiro atoms. The van der Waals surface area contributed by atoms with Gasteiger partial charge in [0.25, 0.3) is 11.8 Å². The molecule has 3 amide bonds. The van der Waals surface area contributed by atoms with E-state index in [1.807, 2.05) is 59.7 Å². The van der Waals surface area contributed by atoms with Crippen LogP contribution in [-0.4, -0.2) is 71.1 Å². The average molecular weight is 565 g/mol. The Bertz CT molecular complexity index is 1270. The van der Waals surface area contributed by atoms with E-state index in [2.05, 4.69) is 0 Å². The molecule has 1 fully saturated rings. The van der Waals surface area contributed by atoms with Gasteiger partial charge in [-0.15, -0.1) is 0 Å². The molecule has 0 radical (unpaired) electrons. The molecular weight excluding hydrogens is 524 g/mol. The Labute approximate surface area is 241 Å². The molecule has 1 saturated heterocycles. The molecule has 0 saturated carbocycles. The molecule has 2 heterocycles. The monoisotopic (exact) mass is 564 g/mol. The number of benzene rings is 2. The number of hydrogen-bond donors (Lipinski definition) is 0. The number of fused-ring (bicyclic) bond motifs is 1. The number of amides is 3. The second-order valence-corrected chi connectivity index (χ2v) is 12.6. The van der Waals surface area contributed by atoms with Crippen molar-refractivity contribution in [2.75, 3.05) is 26.2 Å². The van der Waals surface area contributed by atoms with Gasteiger partial charge < -0.3 is 19.1 Å². The van der Waals surface area contributed by atoms with Crippen LogP contribution in [0.5, 0.6) is 5.75 Å². The molecular formula is C32H40N2O7. The van der Waals surface area contributed by atoms with Gasteiger partial charge in [0.15, 0.2) is 0 Å². The van der Waals surface area contributed by atoms with E-state index in [4.69, 9.17) is 14.2 Å². The van der Waals surface area contributed by atoms with Gasteiger partial charge in [-0.05, 0) is 90.1 Å². The molecule has 0 bridgehead atoms. The molecule has 2 aliphatic heterocycles. The maximum atomic E-state index is 13.4. The summed E-state index contributed by atoms with van der Waals surface area (Å²) < 4.78 is 17.2. The van der Waals surface area contributed by atoms with E-state index in [0.29, 0.717) is 42.8 Å². The second kappa shape index (κ2) is 11.9. The van der Waals surface area contributed by atoms with Gasteiger partial charge in [-0.3, -0.25) is 19.3 Å². The first kappa shape index (κ1) is 30.1. The lowest BCUT2D eigenvalue weighted by atomic mass is 9.86. The molecule has 2 atom stereocenters. The van der Waals surface area contributed by atoms with Gasteiger partial charge in [-0.2, -0.15) is 0 Å². The zero-order valence-electron chi connectivity index (χ0n) is 24.8. The summed E-state index contributed by atoms with van der Waals surface area (Å²) in [7, 11) is 0. The quantitative estimate of drug-likeness (QED) is 0.324. The Morgan fingerprint density at radius 3 is 2.15 bits per heavy atom. The van der Waals surface area contributed by atoms with Crippen LogP contribution in [0.25, 0.3) is 0 Å². The molecule has 0 aromatic heterocycles.